The van der Waals surface area contributed by atoms with Gasteiger partial charge in [-0.1, -0.05) is 13.8 Å². The van der Waals surface area contributed by atoms with Gasteiger partial charge in [-0.3, -0.25) is 4.79 Å². The largest absolute Gasteiger partial charge is 0.459 e. The van der Waals surface area contributed by atoms with Crippen molar-refractivity contribution >= 4 is 5.97 Å². The summed E-state index contributed by atoms with van der Waals surface area (Å²) in [5.74, 6) is -0.397. The van der Waals surface area contributed by atoms with Gasteiger partial charge < -0.3 is 4.74 Å². The molecule has 0 N–H and O–H groups in total. The molecule has 3 atom stereocenters. The highest BCUT2D eigenvalue weighted by atomic mass is 19.1. The van der Waals surface area contributed by atoms with Gasteiger partial charge in [0.2, 0.25) is 0 Å². The van der Waals surface area contributed by atoms with E-state index in [0.717, 1.165) is 0 Å². The zero-order chi connectivity index (χ0) is 9.85. The summed E-state index contributed by atoms with van der Waals surface area (Å²) >= 11 is 0. The zero-order valence-corrected chi connectivity index (χ0v) is 8.26. The van der Waals surface area contributed by atoms with Gasteiger partial charge in [0, 0.05) is 17.8 Å². The average Bonchev–Trinajstić information content (AvgIpc) is 2.13. The lowest BCUT2D eigenvalue weighted by molar-refractivity contribution is -0.182. The second kappa shape index (κ2) is 2.25. The quantitative estimate of drug-likeness (QED) is 0.541. The molecule has 0 aromatic carbocycles. The third kappa shape index (κ3) is 0.960. The van der Waals surface area contributed by atoms with Crippen LogP contribution in [0.15, 0.2) is 0 Å². The molecule has 0 amide bonds. The summed E-state index contributed by atoms with van der Waals surface area (Å²) in [5, 5.41) is 0. The number of hydrogen-bond donors (Lipinski definition) is 0. The van der Waals surface area contributed by atoms with Crippen molar-refractivity contribution in [1.29, 1.82) is 0 Å². The normalized spacial score (nSPS) is 47.5. The molecule has 0 aromatic rings. The third-order valence-corrected chi connectivity index (χ3v) is 4.04. The smallest absolute Gasteiger partial charge is 0.306 e. The first kappa shape index (κ1) is 8.97. The van der Waals surface area contributed by atoms with Crippen molar-refractivity contribution in [2.75, 3.05) is 0 Å². The highest BCUT2D eigenvalue weighted by Gasteiger charge is 2.62. The molecule has 0 aromatic heterocycles. The summed E-state index contributed by atoms with van der Waals surface area (Å²) in [7, 11) is 0. The number of fused-ring (bicyclic) bond motifs is 2. The monoisotopic (exact) mass is 186 g/mol. The number of hydrogen-bond acceptors (Lipinski definition) is 2. The van der Waals surface area contributed by atoms with Crippen molar-refractivity contribution in [3.63, 3.8) is 0 Å². The van der Waals surface area contributed by atoms with E-state index >= 15 is 0 Å². The van der Waals surface area contributed by atoms with Crippen LogP contribution in [-0.2, 0) is 9.53 Å². The number of carbonyl (C=O) groups is 1. The SMILES string of the molecule is CC12CC(F)C(CC(=O)O1)C2(C)C. The third-order valence-electron chi connectivity index (χ3n) is 4.04. The van der Waals surface area contributed by atoms with Gasteiger partial charge in [-0.25, -0.2) is 4.39 Å². The van der Waals surface area contributed by atoms with Gasteiger partial charge in [0.15, 0.2) is 0 Å². The van der Waals surface area contributed by atoms with Crippen LogP contribution in [0.1, 0.15) is 33.6 Å². The first-order valence-electron chi connectivity index (χ1n) is 4.73. The van der Waals surface area contributed by atoms with Gasteiger partial charge in [0.1, 0.15) is 11.8 Å². The summed E-state index contributed by atoms with van der Waals surface area (Å²) in [6, 6.07) is 0. The molecule has 74 valence electrons. The van der Waals surface area contributed by atoms with Crippen LogP contribution in [0.2, 0.25) is 0 Å². The van der Waals surface area contributed by atoms with Crippen molar-refractivity contribution in [2.24, 2.45) is 11.3 Å². The molecule has 3 heteroatoms. The predicted octanol–water partition coefficient (Wildman–Crippen LogP) is 2.08. The average molecular weight is 186 g/mol. The van der Waals surface area contributed by atoms with E-state index in [9.17, 15) is 9.18 Å². The van der Waals surface area contributed by atoms with Gasteiger partial charge in [-0.15, -0.1) is 0 Å². The molecule has 1 saturated heterocycles. The maximum absolute atomic E-state index is 13.6. The van der Waals surface area contributed by atoms with E-state index in [0.29, 0.717) is 6.42 Å². The molecule has 2 fully saturated rings. The minimum Gasteiger partial charge on any atom is -0.459 e. The van der Waals surface area contributed by atoms with Crippen molar-refractivity contribution in [3.8, 4) is 0 Å². The molecule has 0 spiro atoms. The van der Waals surface area contributed by atoms with E-state index in [1.54, 1.807) is 0 Å². The molecular formula is C10H15FO2. The zero-order valence-electron chi connectivity index (χ0n) is 8.26. The van der Waals surface area contributed by atoms with Gasteiger partial charge in [0.25, 0.3) is 0 Å². The van der Waals surface area contributed by atoms with E-state index in [4.69, 9.17) is 4.74 Å². The first-order valence-corrected chi connectivity index (χ1v) is 4.73. The molecule has 2 bridgehead atoms. The van der Waals surface area contributed by atoms with Crippen LogP contribution in [0.25, 0.3) is 0 Å². The predicted molar refractivity (Wildman–Crippen MR) is 45.9 cm³/mol. The lowest BCUT2D eigenvalue weighted by atomic mass is 9.70. The van der Waals surface area contributed by atoms with Gasteiger partial charge in [0.05, 0.1) is 6.42 Å². The molecule has 0 radical (unpaired) electrons. The number of rotatable bonds is 0. The molecule has 1 saturated carbocycles. The Kier molecular flexibility index (Phi) is 1.55. The van der Waals surface area contributed by atoms with Crippen molar-refractivity contribution in [1.82, 2.24) is 0 Å². The second-order valence-electron chi connectivity index (χ2n) is 4.96. The molecular weight excluding hydrogens is 171 g/mol. The summed E-state index contributed by atoms with van der Waals surface area (Å²) in [4.78, 5) is 11.2. The van der Waals surface area contributed by atoms with Gasteiger partial charge in [-0.05, 0) is 6.92 Å². The van der Waals surface area contributed by atoms with E-state index in [1.165, 1.54) is 0 Å². The van der Waals surface area contributed by atoms with E-state index in [1.807, 2.05) is 20.8 Å². The summed E-state index contributed by atoms with van der Waals surface area (Å²) < 4.78 is 18.8. The maximum Gasteiger partial charge on any atom is 0.306 e. The van der Waals surface area contributed by atoms with Crippen LogP contribution in [-0.4, -0.2) is 17.7 Å². The minimum atomic E-state index is -0.883. The Morgan fingerprint density at radius 1 is 1.46 bits per heavy atom. The molecule has 3 unspecified atom stereocenters. The maximum atomic E-state index is 13.6. The van der Waals surface area contributed by atoms with E-state index in [-0.39, 0.29) is 23.7 Å². The molecule has 2 rings (SSSR count). The molecule has 1 heterocycles. The van der Waals surface area contributed by atoms with Crippen LogP contribution in [0, 0.1) is 11.3 Å². The molecule has 2 nitrogen and oxygen atoms in total. The Hall–Kier alpha value is -0.600. The fourth-order valence-electron chi connectivity index (χ4n) is 2.65. The van der Waals surface area contributed by atoms with E-state index < -0.39 is 11.8 Å². The van der Waals surface area contributed by atoms with Crippen molar-refractivity contribution < 1.29 is 13.9 Å². The molecule has 2 aliphatic rings. The van der Waals surface area contributed by atoms with Crippen LogP contribution in [0.3, 0.4) is 0 Å². The Labute approximate surface area is 77.5 Å². The van der Waals surface area contributed by atoms with Crippen LogP contribution >= 0.6 is 0 Å². The number of esters is 1. The summed E-state index contributed by atoms with van der Waals surface area (Å²) in [5.41, 5.74) is -0.813. The minimum absolute atomic E-state index is 0.154. The summed E-state index contributed by atoms with van der Waals surface area (Å²) in [6.45, 7) is 5.82. The fraction of sp³-hybridized carbons (Fsp3) is 0.900. The molecule has 13 heavy (non-hydrogen) atoms. The lowest BCUT2D eigenvalue weighted by Crippen LogP contribution is -2.48. The standard InChI is InChI=1S/C10H15FO2/c1-9(2)6-4-8(12)13-10(9,3)5-7(6)11/h6-7H,4-5H2,1-3H3. The Morgan fingerprint density at radius 2 is 2.08 bits per heavy atom. The van der Waals surface area contributed by atoms with Crippen molar-refractivity contribution in [2.45, 2.75) is 45.4 Å². The van der Waals surface area contributed by atoms with Crippen molar-refractivity contribution in [3.05, 3.63) is 0 Å². The Balaban J connectivity index is 2.41. The van der Waals surface area contributed by atoms with Crippen LogP contribution in [0.4, 0.5) is 4.39 Å². The number of ether oxygens (including phenoxy) is 1. The van der Waals surface area contributed by atoms with Crippen LogP contribution in [0.5, 0.6) is 0 Å². The topological polar surface area (TPSA) is 26.3 Å². The van der Waals surface area contributed by atoms with Gasteiger partial charge in [-0.2, -0.15) is 0 Å². The highest BCUT2D eigenvalue weighted by molar-refractivity contribution is 5.72. The summed E-state index contributed by atoms with van der Waals surface area (Å²) in [6.07, 6.45) is -0.286. The van der Waals surface area contributed by atoms with E-state index in [2.05, 4.69) is 0 Å². The van der Waals surface area contributed by atoms with Crippen LogP contribution < -0.4 is 0 Å². The lowest BCUT2D eigenvalue weighted by Gasteiger charge is -2.44. The second-order valence-corrected chi connectivity index (χ2v) is 4.96. The number of halogens is 1. The number of alkyl halides is 1. The number of carbonyl (C=O) groups excluding carboxylic acids is 1. The molecule has 1 aliphatic carbocycles. The Bertz CT molecular complexity index is 262. The van der Waals surface area contributed by atoms with Gasteiger partial charge >= 0.3 is 5.97 Å². The Morgan fingerprint density at radius 3 is 2.62 bits per heavy atom. The molecule has 1 aliphatic heterocycles. The highest BCUT2D eigenvalue weighted by Crippen LogP contribution is 2.57. The first-order chi connectivity index (χ1) is 5.87. The fourth-order valence-corrected chi connectivity index (χ4v) is 2.65.